The maximum atomic E-state index is 12.7. The molecule has 194 valence electrons. The third-order valence-corrected chi connectivity index (χ3v) is 4.88. The Labute approximate surface area is 199 Å². The molecule has 0 saturated heterocycles. The predicted octanol–water partition coefficient (Wildman–Crippen LogP) is -1.01. The lowest BCUT2D eigenvalue weighted by Crippen LogP contribution is -2.55. The van der Waals surface area contributed by atoms with E-state index in [4.69, 9.17) is 21.3 Å². The number of hydrogen-bond donors (Lipinski definition) is 6. The molecule has 34 heavy (non-hydrogen) atoms. The molecule has 0 fully saturated rings. The first-order valence-electron chi connectivity index (χ1n) is 11.3. The van der Waals surface area contributed by atoms with Crippen molar-refractivity contribution in [3.8, 4) is 0 Å². The summed E-state index contributed by atoms with van der Waals surface area (Å²) in [5.41, 5.74) is 10.5. The molecule has 13 heteroatoms. The van der Waals surface area contributed by atoms with Gasteiger partial charge in [-0.2, -0.15) is 0 Å². The second-order valence-corrected chi connectivity index (χ2v) is 7.78. The van der Waals surface area contributed by atoms with Crippen molar-refractivity contribution in [2.45, 2.75) is 71.4 Å². The van der Waals surface area contributed by atoms with Gasteiger partial charge in [-0.3, -0.25) is 24.2 Å². The van der Waals surface area contributed by atoms with Crippen LogP contribution in [-0.2, 0) is 28.7 Å². The molecule has 0 aromatic carbocycles. The third kappa shape index (κ3) is 14.0. The van der Waals surface area contributed by atoms with Crippen molar-refractivity contribution in [2.24, 2.45) is 22.4 Å². The fourth-order valence-corrected chi connectivity index (χ4v) is 2.78. The Bertz CT molecular complexity index is 724. The molecule has 3 atom stereocenters. The molecule has 0 aromatic rings. The molecule has 0 radical (unpaired) electrons. The quantitative estimate of drug-likeness (QED) is 0.0484. The summed E-state index contributed by atoms with van der Waals surface area (Å²) < 4.78 is 4.90. The molecule has 0 aromatic heterocycles. The standard InChI is InChI=1S/C21H38N6O7/c1-4-13(3)18(20(33)34-17(31)9-7-6-8-10-25-21(22)23)27-19(32)14(11-16(29)30)26-15(28)12-24-5-2/h13-14,18,24H,4-12H2,1-3H3,(H,26,28)(H,27,32)(H,29,30)(H4,22,23,25)/t13-,14-,18-/m0/s1. The fraction of sp³-hybridized carbons (Fsp3) is 0.714. The molecule has 0 aliphatic rings. The number of carbonyl (C=O) groups is 5. The van der Waals surface area contributed by atoms with Gasteiger partial charge in [0.2, 0.25) is 11.8 Å². The number of nitrogens with one attached hydrogen (secondary N) is 3. The van der Waals surface area contributed by atoms with E-state index in [1.807, 2.05) is 0 Å². The zero-order valence-corrected chi connectivity index (χ0v) is 20.1. The highest BCUT2D eigenvalue weighted by Crippen LogP contribution is 2.12. The number of carbonyl (C=O) groups excluding carboxylic acids is 4. The van der Waals surface area contributed by atoms with Crippen molar-refractivity contribution in [2.75, 3.05) is 19.6 Å². The van der Waals surface area contributed by atoms with Crippen LogP contribution in [0.4, 0.5) is 0 Å². The van der Waals surface area contributed by atoms with Crippen molar-refractivity contribution in [1.82, 2.24) is 16.0 Å². The van der Waals surface area contributed by atoms with Crippen molar-refractivity contribution in [3.63, 3.8) is 0 Å². The number of unbranched alkanes of at least 4 members (excludes halogenated alkanes) is 2. The number of nitrogens with zero attached hydrogens (tertiary/aromatic N) is 1. The van der Waals surface area contributed by atoms with Crippen molar-refractivity contribution < 1.29 is 33.8 Å². The normalized spacial score (nSPS) is 13.1. The predicted molar refractivity (Wildman–Crippen MR) is 124 cm³/mol. The number of carboxylic acids is 1. The average Bonchev–Trinajstić information content (AvgIpc) is 2.76. The Balaban J connectivity index is 4.99. The maximum absolute atomic E-state index is 12.7. The van der Waals surface area contributed by atoms with E-state index in [1.54, 1.807) is 20.8 Å². The van der Waals surface area contributed by atoms with E-state index in [-0.39, 0.29) is 18.9 Å². The Morgan fingerprint density at radius 3 is 2.26 bits per heavy atom. The molecule has 0 saturated carbocycles. The van der Waals surface area contributed by atoms with Crippen LogP contribution in [0.25, 0.3) is 0 Å². The van der Waals surface area contributed by atoms with E-state index < -0.39 is 54.1 Å². The summed E-state index contributed by atoms with van der Waals surface area (Å²) in [5, 5.41) is 16.6. The van der Waals surface area contributed by atoms with E-state index in [0.717, 1.165) is 0 Å². The lowest BCUT2D eigenvalue weighted by atomic mass is 9.98. The number of guanidine groups is 1. The summed E-state index contributed by atoms with van der Waals surface area (Å²) in [4.78, 5) is 64.3. The van der Waals surface area contributed by atoms with Gasteiger partial charge in [0.15, 0.2) is 5.96 Å². The molecular formula is C21H38N6O7. The Kier molecular flexibility index (Phi) is 15.6. The number of aliphatic carboxylic acids is 1. The van der Waals surface area contributed by atoms with Gasteiger partial charge < -0.3 is 37.3 Å². The topological polar surface area (TPSA) is 215 Å². The van der Waals surface area contributed by atoms with Gasteiger partial charge in [-0.05, 0) is 25.3 Å². The highest BCUT2D eigenvalue weighted by molar-refractivity contribution is 5.95. The largest absolute Gasteiger partial charge is 0.481 e. The molecule has 0 spiro atoms. The monoisotopic (exact) mass is 486 g/mol. The maximum Gasteiger partial charge on any atom is 0.336 e. The molecule has 8 N–H and O–H groups in total. The van der Waals surface area contributed by atoms with E-state index >= 15 is 0 Å². The number of aliphatic imine (C=N–C) groups is 1. The first-order chi connectivity index (χ1) is 16.0. The zero-order chi connectivity index (χ0) is 26.1. The van der Waals surface area contributed by atoms with Crippen LogP contribution in [0.5, 0.6) is 0 Å². The molecule has 0 unspecified atom stereocenters. The number of likely N-dealkylation sites (N-methyl/N-ethyl adjacent to an activating group) is 1. The van der Waals surface area contributed by atoms with Crippen LogP contribution in [-0.4, -0.2) is 72.5 Å². The summed E-state index contributed by atoms with van der Waals surface area (Å²) in [5.74, 6) is -4.83. The first kappa shape index (κ1) is 30.8. The van der Waals surface area contributed by atoms with Crippen LogP contribution < -0.4 is 27.4 Å². The van der Waals surface area contributed by atoms with Crippen LogP contribution in [0.3, 0.4) is 0 Å². The second kappa shape index (κ2) is 17.3. The first-order valence-corrected chi connectivity index (χ1v) is 11.3. The molecule has 13 nitrogen and oxygen atoms in total. The lowest BCUT2D eigenvalue weighted by molar-refractivity contribution is -0.163. The smallest absolute Gasteiger partial charge is 0.336 e. The molecule has 0 rings (SSSR count). The summed E-state index contributed by atoms with van der Waals surface area (Å²) in [7, 11) is 0. The number of carboxylic acid groups (broad SMARTS) is 1. The van der Waals surface area contributed by atoms with Crippen LogP contribution in [0.2, 0.25) is 0 Å². The Hall–Kier alpha value is -3.22. The number of ether oxygens (including phenoxy) is 1. The van der Waals surface area contributed by atoms with E-state index in [0.29, 0.717) is 38.8 Å². The number of nitrogens with two attached hydrogens (primary N) is 2. The summed E-state index contributed by atoms with van der Waals surface area (Å²) in [6.07, 6.45) is 1.56. The van der Waals surface area contributed by atoms with E-state index in [2.05, 4.69) is 20.9 Å². The van der Waals surface area contributed by atoms with Gasteiger partial charge in [0.25, 0.3) is 0 Å². The van der Waals surface area contributed by atoms with Crippen LogP contribution >= 0.6 is 0 Å². The fourth-order valence-electron chi connectivity index (χ4n) is 2.78. The number of rotatable bonds is 17. The molecule has 2 amide bonds. The van der Waals surface area contributed by atoms with Crippen molar-refractivity contribution >= 4 is 35.7 Å². The highest BCUT2D eigenvalue weighted by atomic mass is 16.6. The molecule has 0 bridgehead atoms. The molecule has 0 aliphatic carbocycles. The summed E-state index contributed by atoms with van der Waals surface area (Å²) >= 11 is 0. The number of hydrogen-bond acceptors (Lipinski definition) is 8. The van der Waals surface area contributed by atoms with Crippen molar-refractivity contribution in [1.29, 1.82) is 0 Å². The summed E-state index contributed by atoms with van der Waals surface area (Å²) in [6.45, 7) is 6.08. The minimum absolute atomic E-state index is 0.00312. The minimum atomic E-state index is -1.40. The SMILES string of the molecule is CCNCC(=O)N[C@@H](CC(=O)O)C(=O)N[C@H](C(=O)OC(=O)CCCCCN=C(N)N)[C@@H](C)CC. The lowest BCUT2D eigenvalue weighted by Gasteiger charge is -2.25. The molecule has 0 heterocycles. The van der Waals surface area contributed by atoms with Crippen LogP contribution in [0.1, 0.15) is 59.3 Å². The van der Waals surface area contributed by atoms with Gasteiger partial charge in [-0.25, -0.2) is 4.79 Å². The molecule has 0 aliphatic heterocycles. The van der Waals surface area contributed by atoms with Gasteiger partial charge in [0.05, 0.1) is 13.0 Å². The van der Waals surface area contributed by atoms with Gasteiger partial charge in [-0.1, -0.05) is 33.6 Å². The second-order valence-electron chi connectivity index (χ2n) is 7.78. The number of amides is 2. The van der Waals surface area contributed by atoms with Crippen LogP contribution in [0, 0.1) is 5.92 Å². The van der Waals surface area contributed by atoms with Crippen molar-refractivity contribution in [3.05, 3.63) is 0 Å². The van der Waals surface area contributed by atoms with E-state index in [1.165, 1.54) is 0 Å². The summed E-state index contributed by atoms with van der Waals surface area (Å²) in [6, 6.07) is -2.59. The Morgan fingerprint density at radius 1 is 1.03 bits per heavy atom. The third-order valence-electron chi connectivity index (χ3n) is 4.88. The van der Waals surface area contributed by atoms with E-state index in [9.17, 15) is 24.0 Å². The van der Waals surface area contributed by atoms with Crippen LogP contribution in [0.15, 0.2) is 4.99 Å². The van der Waals surface area contributed by atoms with Gasteiger partial charge in [0.1, 0.15) is 12.1 Å². The number of esters is 2. The minimum Gasteiger partial charge on any atom is -0.481 e. The zero-order valence-electron chi connectivity index (χ0n) is 20.1. The van der Waals surface area contributed by atoms with Gasteiger partial charge in [0, 0.05) is 13.0 Å². The van der Waals surface area contributed by atoms with Gasteiger partial charge in [-0.15, -0.1) is 0 Å². The average molecular weight is 487 g/mol. The Morgan fingerprint density at radius 2 is 1.71 bits per heavy atom. The molecular weight excluding hydrogens is 448 g/mol. The van der Waals surface area contributed by atoms with Gasteiger partial charge >= 0.3 is 17.9 Å². The highest BCUT2D eigenvalue weighted by Gasteiger charge is 2.32.